The van der Waals surface area contributed by atoms with Crippen LogP contribution in [0.5, 0.6) is 0 Å². The molecule has 1 aliphatic carbocycles. The second kappa shape index (κ2) is 4.03. The molecule has 1 fully saturated rings. The molecule has 1 aromatic heterocycles. The van der Waals surface area contributed by atoms with Gasteiger partial charge in [0.15, 0.2) is 5.69 Å². The van der Waals surface area contributed by atoms with E-state index in [-0.39, 0.29) is 18.5 Å². The van der Waals surface area contributed by atoms with Gasteiger partial charge < -0.3 is 0 Å². The first-order chi connectivity index (χ1) is 8.54. The molecule has 0 aromatic carbocycles. The van der Waals surface area contributed by atoms with Gasteiger partial charge in [-0.1, -0.05) is 0 Å². The van der Waals surface area contributed by atoms with E-state index in [0.29, 0.717) is 23.9 Å². The summed E-state index contributed by atoms with van der Waals surface area (Å²) in [5, 5.41) is 0. The highest BCUT2D eigenvalue weighted by Crippen LogP contribution is 2.35. The SMILES string of the molecule is FC(F)(F)c1nc(CC2CC2)nc2c1CC=NC2. The van der Waals surface area contributed by atoms with E-state index >= 15 is 0 Å². The smallest absolute Gasteiger partial charge is 0.291 e. The summed E-state index contributed by atoms with van der Waals surface area (Å²) in [4.78, 5) is 12.0. The fourth-order valence-corrected chi connectivity index (χ4v) is 2.14. The summed E-state index contributed by atoms with van der Waals surface area (Å²) >= 11 is 0. The third-order valence-corrected chi connectivity index (χ3v) is 3.24. The summed E-state index contributed by atoms with van der Waals surface area (Å²) in [6, 6.07) is 0. The van der Waals surface area contributed by atoms with E-state index < -0.39 is 11.9 Å². The molecule has 0 saturated heterocycles. The van der Waals surface area contributed by atoms with Crippen molar-refractivity contribution in [2.24, 2.45) is 10.9 Å². The fourth-order valence-electron chi connectivity index (χ4n) is 2.14. The number of fused-ring (bicyclic) bond motifs is 1. The first-order valence-corrected chi connectivity index (χ1v) is 5.98. The fraction of sp³-hybridized carbons (Fsp3) is 0.583. The molecule has 0 atom stereocenters. The van der Waals surface area contributed by atoms with E-state index in [0.717, 1.165) is 12.8 Å². The Morgan fingerprint density at radius 2 is 2.00 bits per heavy atom. The molecule has 0 unspecified atom stereocenters. The van der Waals surface area contributed by atoms with Crippen LogP contribution in [0.2, 0.25) is 0 Å². The van der Waals surface area contributed by atoms with E-state index in [2.05, 4.69) is 15.0 Å². The molecule has 0 radical (unpaired) electrons. The lowest BCUT2D eigenvalue weighted by molar-refractivity contribution is -0.142. The molecule has 0 N–H and O–H groups in total. The summed E-state index contributed by atoms with van der Waals surface area (Å²) < 4.78 is 38.9. The molecule has 2 aliphatic rings. The maximum Gasteiger partial charge on any atom is 0.433 e. The lowest BCUT2D eigenvalue weighted by atomic mass is 10.1. The van der Waals surface area contributed by atoms with Crippen molar-refractivity contribution in [1.29, 1.82) is 0 Å². The van der Waals surface area contributed by atoms with Crippen LogP contribution in [0.25, 0.3) is 0 Å². The zero-order chi connectivity index (χ0) is 12.8. The van der Waals surface area contributed by atoms with Gasteiger partial charge in [-0.2, -0.15) is 13.2 Å². The highest BCUT2D eigenvalue weighted by Gasteiger charge is 2.38. The molecule has 3 nitrogen and oxygen atoms in total. The maximum atomic E-state index is 13.0. The molecular formula is C12H12F3N3. The van der Waals surface area contributed by atoms with Crippen molar-refractivity contribution in [3.63, 3.8) is 0 Å². The number of aliphatic imine (C=N–C) groups is 1. The quantitative estimate of drug-likeness (QED) is 0.814. The van der Waals surface area contributed by atoms with Crippen molar-refractivity contribution in [3.05, 3.63) is 22.8 Å². The normalized spacial score (nSPS) is 18.8. The zero-order valence-electron chi connectivity index (χ0n) is 9.67. The molecule has 6 heteroatoms. The number of halogens is 3. The molecule has 1 aromatic rings. The van der Waals surface area contributed by atoms with Gasteiger partial charge in [-0.3, -0.25) is 4.99 Å². The zero-order valence-corrected chi connectivity index (χ0v) is 9.67. The number of alkyl halides is 3. The minimum Gasteiger partial charge on any atom is -0.291 e. The minimum atomic E-state index is -4.41. The van der Waals surface area contributed by atoms with Crippen molar-refractivity contribution >= 4 is 6.21 Å². The lowest BCUT2D eigenvalue weighted by Gasteiger charge is -2.17. The van der Waals surface area contributed by atoms with Crippen LogP contribution in [0.4, 0.5) is 13.2 Å². The summed E-state index contributed by atoms with van der Waals surface area (Å²) in [5.41, 5.74) is -0.137. The standard InChI is InChI=1S/C12H12F3N3/c13-12(14,15)11-8-3-4-16-6-9(8)17-10(18-11)5-7-1-2-7/h4,7H,1-3,5-6H2. The van der Waals surface area contributed by atoms with Crippen LogP contribution in [0.15, 0.2) is 4.99 Å². The Morgan fingerprint density at radius 3 is 2.67 bits per heavy atom. The van der Waals surface area contributed by atoms with Gasteiger partial charge in [-0.05, 0) is 18.8 Å². The van der Waals surface area contributed by atoms with Crippen LogP contribution in [0.3, 0.4) is 0 Å². The van der Waals surface area contributed by atoms with Crippen molar-refractivity contribution in [3.8, 4) is 0 Å². The molecule has 96 valence electrons. The second-order valence-electron chi connectivity index (χ2n) is 4.79. The molecule has 0 bridgehead atoms. The number of aromatic nitrogens is 2. The first-order valence-electron chi connectivity index (χ1n) is 5.98. The highest BCUT2D eigenvalue weighted by molar-refractivity contribution is 5.64. The molecule has 3 rings (SSSR count). The molecule has 0 amide bonds. The van der Waals surface area contributed by atoms with Crippen LogP contribution >= 0.6 is 0 Å². The van der Waals surface area contributed by atoms with Crippen LogP contribution in [0, 0.1) is 5.92 Å². The maximum absolute atomic E-state index is 13.0. The molecule has 18 heavy (non-hydrogen) atoms. The van der Waals surface area contributed by atoms with Crippen LogP contribution < -0.4 is 0 Å². The summed E-state index contributed by atoms with van der Waals surface area (Å²) in [7, 11) is 0. The average molecular weight is 255 g/mol. The first kappa shape index (κ1) is 11.6. The summed E-state index contributed by atoms with van der Waals surface area (Å²) in [6.45, 7) is 0.235. The van der Waals surface area contributed by atoms with Crippen molar-refractivity contribution < 1.29 is 13.2 Å². The van der Waals surface area contributed by atoms with Crippen LogP contribution in [-0.2, 0) is 25.6 Å². The summed E-state index contributed by atoms with van der Waals surface area (Å²) in [5.74, 6) is 0.789. The molecule has 1 saturated carbocycles. The lowest BCUT2D eigenvalue weighted by Crippen LogP contribution is -2.20. The second-order valence-corrected chi connectivity index (χ2v) is 4.79. The van der Waals surface area contributed by atoms with Gasteiger partial charge in [0.05, 0.1) is 12.2 Å². The Bertz CT molecular complexity index is 504. The largest absolute Gasteiger partial charge is 0.433 e. The molecule has 2 heterocycles. The Morgan fingerprint density at radius 1 is 1.22 bits per heavy atom. The predicted octanol–water partition coefficient (Wildman–Crippen LogP) is 2.57. The van der Waals surface area contributed by atoms with Gasteiger partial charge in [-0.15, -0.1) is 0 Å². The summed E-state index contributed by atoms with van der Waals surface area (Å²) in [6.07, 6.45) is -0.0359. The molecular weight excluding hydrogens is 243 g/mol. The Balaban J connectivity index is 2.04. The van der Waals surface area contributed by atoms with Gasteiger partial charge in [0, 0.05) is 24.6 Å². The van der Waals surface area contributed by atoms with Gasteiger partial charge >= 0.3 is 6.18 Å². The monoisotopic (exact) mass is 255 g/mol. The van der Waals surface area contributed by atoms with Gasteiger partial charge in [0.2, 0.25) is 0 Å². The van der Waals surface area contributed by atoms with Crippen molar-refractivity contribution in [2.75, 3.05) is 0 Å². The van der Waals surface area contributed by atoms with E-state index in [9.17, 15) is 13.2 Å². The van der Waals surface area contributed by atoms with Gasteiger partial charge in [-0.25, -0.2) is 9.97 Å². The number of rotatable bonds is 2. The van der Waals surface area contributed by atoms with Crippen LogP contribution in [-0.4, -0.2) is 16.2 Å². The Labute approximate surface area is 102 Å². The minimum absolute atomic E-state index is 0.174. The third-order valence-electron chi connectivity index (χ3n) is 3.24. The Hall–Kier alpha value is -1.46. The van der Waals surface area contributed by atoms with E-state index in [4.69, 9.17) is 0 Å². The average Bonchev–Trinajstić information content (AvgIpc) is 3.10. The van der Waals surface area contributed by atoms with Gasteiger partial charge in [0.1, 0.15) is 5.82 Å². The predicted molar refractivity (Wildman–Crippen MR) is 59.4 cm³/mol. The molecule has 1 aliphatic heterocycles. The van der Waals surface area contributed by atoms with Crippen molar-refractivity contribution in [1.82, 2.24) is 9.97 Å². The Kier molecular flexibility index (Phi) is 2.60. The highest BCUT2D eigenvalue weighted by atomic mass is 19.4. The topological polar surface area (TPSA) is 38.1 Å². The number of hydrogen-bond acceptors (Lipinski definition) is 3. The number of hydrogen-bond donors (Lipinski definition) is 0. The number of nitrogens with zero attached hydrogens (tertiary/aromatic N) is 3. The van der Waals surface area contributed by atoms with E-state index in [1.165, 1.54) is 6.21 Å². The van der Waals surface area contributed by atoms with Crippen LogP contribution in [0.1, 0.15) is 35.6 Å². The van der Waals surface area contributed by atoms with E-state index in [1.807, 2.05) is 0 Å². The van der Waals surface area contributed by atoms with Crippen molar-refractivity contribution in [2.45, 2.75) is 38.4 Å². The van der Waals surface area contributed by atoms with E-state index in [1.54, 1.807) is 0 Å². The van der Waals surface area contributed by atoms with Gasteiger partial charge in [0.25, 0.3) is 0 Å². The third kappa shape index (κ3) is 2.23. The molecule has 0 spiro atoms.